The topological polar surface area (TPSA) is 81.8 Å². The summed E-state index contributed by atoms with van der Waals surface area (Å²) in [5.74, 6) is -0.339. The number of unbranched alkanes of at least 4 members (excludes halogenated alkanes) is 1. The molecular weight excluding hydrogens is 308 g/mol. The molecule has 24 heavy (non-hydrogen) atoms. The molecule has 0 N–H and O–H groups in total. The van der Waals surface area contributed by atoms with Crippen LogP contribution in [0.1, 0.15) is 35.7 Å². The third-order valence-corrected chi connectivity index (χ3v) is 3.30. The number of carbonyl (C=O) groups excluding carboxylic acids is 1. The van der Waals surface area contributed by atoms with E-state index in [2.05, 4.69) is 4.99 Å². The number of ether oxygens (including phenoxy) is 1. The van der Waals surface area contributed by atoms with E-state index in [-0.39, 0.29) is 11.7 Å². The number of benzene rings is 2. The lowest BCUT2D eigenvalue weighted by molar-refractivity contribution is -0.384. The van der Waals surface area contributed by atoms with E-state index in [4.69, 9.17) is 4.74 Å². The Balaban J connectivity index is 1.97. The highest BCUT2D eigenvalue weighted by atomic mass is 16.6. The van der Waals surface area contributed by atoms with Crippen LogP contribution in [0.4, 0.5) is 11.4 Å². The Kier molecular flexibility index (Phi) is 6.19. The van der Waals surface area contributed by atoms with Gasteiger partial charge < -0.3 is 4.74 Å². The molecular formula is C18H18N2O4. The Hall–Kier alpha value is -3.02. The van der Waals surface area contributed by atoms with Gasteiger partial charge in [-0.2, -0.15) is 0 Å². The summed E-state index contributed by atoms with van der Waals surface area (Å²) < 4.78 is 5.14. The molecule has 0 aromatic heterocycles. The molecule has 6 nitrogen and oxygen atoms in total. The monoisotopic (exact) mass is 326 g/mol. The zero-order valence-corrected chi connectivity index (χ0v) is 13.3. The number of carbonyl (C=O) groups is 1. The Morgan fingerprint density at radius 3 is 2.42 bits per heavy atom. The van der Waals surface area contributed by atoms with Crippen LogP contribution in [-0.2, 0) is 4.74 Å². The first-order valence-corrected chi connectivity index (χ1v) is 7.66. The Bertz CT molecular complexity index is 722. The molecule has 2 aromatic carbocycles. The average molecular weight is 326 g/mol. The van der Waals surface area contributed by atoms with Gasteiger partial charge in [0.05, 0.1) is 22.8 Å². The summed E-state index contributed by atoms with van der Waals surface area (Å²) in [7, 11) is 0. The molecule has 0 aliphatic rings. The van der Waals surface area contributed by atoms with Crippen molar-refractivity contribution in [3.05, 3.63) is 69.8 Å². The number of aliphatic imine (C=N–C) groups is 1. The number of rotatable bonds is 7. The Morgan fingerprint density at radius 2 is 1.83 bits per heavy atom. The lowest BCUT2D eigenvalue weighted by atomic mass is 10.2. The lowest BCUT2D eigenvalue weighted by Crippen LogP contribution is -2.05. The van der Waals surface area contributed by atoms with Crippen LogP contribution in [-0.4, -0.2) is 23.7 Å². The number of hydrogen-bond acceptors (Lipinski definition) is 5. The molecule has 2 aromatic rings. The summed E-state index contributed by atoms with van der Waals surface area (Å²) in [6.07, 6.45) is 3.44. The summed E-state index contributed by atoms with van der Waals surface area (Å²) in [5, 5.41) is 10.6. The quantitative estimate of drug-likeness (QED) is 0.250. The SMILES string of the molecule is CCCCOC(=O)c1ccc(N=Cc2ccc([N+](=O)[O-])cc2)cc1. The van der Waals surface area contributed by atoms with Crippen molar-refractivity contribution in [2.45, 2.75) is 19.8 Å². The number of esters is 1. The van der Waals surface area contributed by atoms with E-state index in [1.807, 2.05) is 6.92 Å². The molecule has 0 unspecified atom stereocenters. The van der Waals surface area contributed by atoms with Crippen LogP contribution in [0.15, 0.2) is 53.5 Å². The van der Waals surface area contributed by atoms with E-state index in [9.17, 15) is 14.9 Å². The second-order valence-corrected chi connectivity index (χ2v) is 5.14. The van der Waals surface area contributed by atoms with Crippen molar-refractivity contribution >= 4 is 23.6 Å². The Labute approximate surface area is 140 Å². The van der Waals surface area contributed by atoms with Gasteiger partial charge in [-0.25, -0.2) is 4.79 Å². The highest BCUT2D eigenvalue weighted by molar-refractivity contribution is 5.90. The first-order valence-electron chi connectivity index (χ1n) is 7.66. The third-order valence-electron chi connectivity index (χ3n) is 3.30. The minimum Gasteiger partial charge on any atom is -0.462 e. The molecule has 0 heterocycles. The maximum atomic E-state index is 11.8. The van der Waals surface area contributed by atoms with Crippen LogP contribution in [0.2, 0.25) is 0 Å². The summed E-state index contributed by atoms with van der Waals surface area (Å²) >= 11 is 0. The average Bonchev–Trinajstić information content (AvgIpc) is 2.61. The minimum absolute atomic E-state index is 0.0399. The molecule has 6 heteroatoms. The van der Waals surface area contributed by atoms with Gasteiger partial charge in [-0.1, -0.05) is 13.3 Å². The molecule has 0 radical (unpaired) electrons. The fourth-order valence-electron chi connectivity index (χ4n) is 1.91. The van der Waals surface area contributed by atoms with Gasteiger partial charge in [0.25, 0.3) is 5.69 Å². The van der Waals surface area contributed by atoms with E-state index < -0.39 is 4.92 Å². The highest BCUT2D eigenvalue weighted by Gasteiger charge is 2.06. The van der Waals surface area contributed by atoms with Crippen molar-refractivity contribution in [3.8, 4) is 0 Å². The molecule has 0 aliphatic carbocycles. The summed E-state index contributed by atoms with van der Waals surface area (Å²) in [6, 6.07) is 12.9. The van der Waals surface area contributed by atoms with Gasteiger partial charge >= 0.3 is 5.97 Å². The zero-order chi connectivity index (χ0) is 17.4. The van der Waals surface area contributed by atoms with Crippen molar-refractivity contribution < 1.29 is 14.5 Å². The largest absolute Gasteiger partial charge is 0.462 e. The van der Waals surface area contributed by atoms with Gasteiger partial charge in [0, 0.05) is 18.3 Å². The maximum absolute atomic E-state index is 11.8. The molecule has 0 saturated heterocycles. The predicted molar refractivity (Wildman–Crippen MR) is 92.0 cm³/mol. The maximum Gasteiger partial charge on any atom is 0.338 e. The van der Waals surface area contributed by atoms with Crippen LogP contribution < -0.4 is 0 Å². The van der Waals surface area contributed by atoms with Crippen molar-refractivity contribution in [2.75, 3.05) is 6.61 Å². The normalized spacial score (nSPS) is 10.7. The molecule has 0 atom stereocenters. The number of non-ortho nitro benzene ring substituents is 1. The van der Waals surface area contributed by atoms with Crippen molar-refractivity contribution in [1.82, 2.24) is 0 Å². The minimum atomic E-state index is -0.445. The van der Waals surface area contributed by atoms with Crippen molar-refractivity contribution in [3.63, 3.8) is 0 Å². The first-order chi connectivity index (χ1) is 11.6. The molecule has 0 aliphatic heterocycles. The zero-order valence-electron chi connectivity index (χ0n) is 13.3. The van der Waals surface area contributed by atoms with Gasteiger partial charge in [0.1, 0.15) is 0 Å². The van der Waals surface area contributed by atoms with Gasteiger partial charge in [-0.15, -0.1) is 0 Å². The molecule has 0 amide bonds. The van der Waals surface area contributed by atoms with E-state index >= 15 is 0 Å². The summed E-state index contributed by atoms with van der Waals surface area (Å²) in [4.78, 5) is 26.2. The summed E-state index contributed by atoms with van der Waals surface area (Å²) in [5.41, 5.74) is 1.96. The molecule has 2 rings (SSSR count). The molecule has 0 spiro atoms. The molecule has 0 bridgehead atoms. The Morgan fingerprint density at radius 1 is 1.17 bits per heavy atom. The molecule has 0 fully saturated rings. The number of hydrogen-bond donors (Lipinski definition) is 0. The van der Waals surface area contributed by atoms with E-state index in [1.165, 1.54) is 12.1 Å². The van der Waals surface area contributed by atoms with E-state index in [0.29, 0.717) is 17.9 Å². The number of nitro benzene ring substituents is 1. The molecule has 124 valence electrons. The smallest absolute Gasteiger partial charge is 0.338 e. The second-order valence-electron chi connectivity index (χ2n) is 5.14. The number of nitrogens with zero attached hydrogens (tertiary/aromatic N) is 2. The van der Waals surface area contributed by atoms with Gasteiger partial charge in [-0.05, 0) is 48.4 Å². The fourth-order valence-corrected chi connectivity index (χ4v) is 1.91. The second kappa shape index (κ2) is 8.57. The molecule has 0 saturated carbocycles. The van der Waals surface area contributed by atoms with Crippen LogP contribution in [0.25, 0.3) is 0 Å². The first kappa shape index (κ1) is 17.3. The summed E-state index contributed by atoms with van der Waals surface area (Å²) in [6.45, 7) is 2.46. The van der Waals surface area contributed by atoms with Gasteiger partial charge in [-0.3, -0.25) is 15.1 Å². The number of nitro groups is 1. The van der Waals surface area contributed by atoms with Crippen LogP contribution >= 0.6 is 0 Å². The highest BCUT2D eigenvalue weighted by Crippen LogP contribution is 2.15. The van der Waals surface area contributed by atoms with Crippen molar-refractivity contribution in [2.24, 2.45) is 4.99 Å². The van der Waals surface area contributed by atoms with Crippen LogP contribution in [0.3, 0.4) is 0 Å². The standard InChI is InChI=1S/C18H18N2O4/c1-2-3-12-24-18(21)15-6-8-16(9-7-15)19-13-14-4-10-17(11-5-14)20(22)23/h4-11,13H,2-3,12H2,1H3. The third kappa shape index (κ3) is 5.01. The van der Waals surface area contributed by atoms with Crippen molar-refractivity contribution in [1.29, 1.82) is 0 Å². The van der Waals surface area contributed by atoms with Crippen LogP contribution in [0, 0.1) is 10.1 Å². The van der Waals surface area contributed by atoms with E-state index in [0.717, 1.165) is 18.4 Å². The predicted octanol–water partition coefficient (Wildman–Crippen LogP) is 4.30. The van der Waals surface area contributed by atoms with Crippen LogP contribution in [0.5, 0.6) is 0 Å². The lowest BCUT2D eigenvalue weighted by Gasteiger charge is -2.03. The fraction of sp³-hybridized carbons (Fsp3) is 0.222. The van der Waals surface area contributed by atoms with Gasteiger partial charge in [0.15, 0.2) is 0 Å². The van der Waals surface area contributed by atoms with Gasteiger partial charge in [0.2, 0.25) is 0 Å². The van der Waals surface area contributed by atoms with E-state index in [1.54, 1.807) is 42.6 Å².